The third kappa shape index (κ3) is 6.19. The lowest BCUT2D eigenvalue weighted by atomic mass is 10.1. The van der Waals surface area contributed by atoms with E-state index in [0.29, 0.717) is 17.8 Å². The second-order valence-corrected chi connectivity index (χ2v) is 5.75. The average Bonchev–Trinajstić information content (AvgIpc) is 2.65. The number of alkyl halides is 3. The number of carbonyl (C=O) groups is 2. The molecule has 154 valence electrons. The molecule has 0 aromatic heterocycles. The Morgan fingerprint density at radius 3 is 2.34 bits per heavy atom. The van der Waals surface area contributed by atoms with Gasteiger partial charge in [0.15, 0.2) is 6.61 Å². The second kappa shape index (κ2) is 9.04. The van der Waals surface area contributed by atoms with Gasteiger partial charge >= 0.3 is 6.18 Å². The van der Waals surface area contributed by atoms with Crippen molar-refractivity contribution < 1.29 is 32.4 Å². The third-order valence-corrected chi connectivity index (χ3v) is 3.59. The highest BCUT2D eigenvalue weighted by atomic mass is 19.4. The van der Waals surface area contributed by atoms with Crippen molar-refractivity contribution in [1.82, 2.24) is 0 Å². The summed E-state index contributed by atoms with van der Waals surface area (Å²) in [5, 5.41) is 15.6. The number of nitro groups is 1. The number of halogens is 3. The monoisotopic (exact) mass is 411 g/mol. The number of amides is 2. The van der Waals surface area contributed by atoms with E-state index in [9.17, 15) is 32.9 Å². The van der Waals surface area contributed by atoms with E-state index >= 15 is 0 Å². The van der Waals surface area contributed by atoms with Gasteiger partial charge in [-0.1, -0.05) is 13.0 Å². The van der Waals surface area contributed by atoms with Crippen LogP contribution in [0, 0.1) is 10.1 Å². The molecule has 0 radical (unpaired) electrons. The van der Waals surface area contributed by atoms with Crippen LogP contribution in [0.5, 0.6) is 5.75 Å². The van der Waals surface area contributed by atoms with Gasteiger partial charge in [0.1, 0.15) is 11.3 Å². The van der Waals surface area contributed by atoms with E-state index in [1.807, 2.05) is 0 Å². The number of hydrogen-bond donors (Lipinski definition) is 2. The lowest BCUT2D eigenvalue weighted by Gasteiger charge is -2.11. The third-order valence-electron chi connectivity index (χ3n) is 3.59. The van der Waals surface area contributed by atoms with Crippen LogP contribution in [0.1, 0.15) is 18.9 Å². The standard InChI is InChI=1S/C18H16F3N3O5/c1-2-16(25)22-11-4-3-5-13(8-11)29-10-17(26)23-12-6-7-15(24(27)28)14(9-12)18(19,20)21/h3-9H,2,10H2,1H3,(H,22,25)(H,23,26). The Morgan fingerprint density at radius 1 is 1.07 bits per heavy atom. The van der Waals surface area contributed by atoms with Gasteiger partial charge in [0.05, 0.1) is 4.92 Å². The van der Waals surface area contributed by atoms with E-state index in [0.717, 1.165) is 6.07 Å². The molecule has 11 heteroatoms. The normalized spacial score (nSPS) is 10.9. The predicted molar refractivity (Wildman–Crippen MR) is 97.6 cm³/mol. The van der Waals surface area contributed by atoms with Crippen molar-refractivity contribution in [2.45, 2.75) is 19.5 Å². The summed E-state index contributed by atoms with van der Waals surface area (Å²) in [5.41, 5.74) is -2.39. The van der Waals surface area contributed by atoms with E-state index in [-0.39, 0.29) is 23.8 Å². The Bertz CT molecular complexity index is 931. The molecule has 29 heavy (non-hydrogen) atoms. The Morgan fingerprint density at radius 2 is 1.72 bits per heavy atom. The van der Waals surface area contributed by atoms with Crippen LogP contribution in [0.2, 0.25) is 0 Å². The largest absolute Gasteiger partial charge is 0.484 e. The van der Waals surface area contributed by atoms with Crippen molar-refractivity contribution >= 4 is 28.9 Å². The summed E-state index contributed by atoms with van der Waals surface area (Å²) in [6.45, 7) is 1.16. The highest BCUT2D eigenvalue weighted by Gasteiger charge is 2.38. The highest BCUT2D eigenvalue weighted by molar-refractivity contribution is 5.92. The van der Waals surface area contributed by atoms with Crippen LogP contribution in [0.25, 0.3) is 0 Å². The lowest BCUT2D eigenvalue weighted by Crippen LogP contribution is -2.21. The molecule has 2 amide bonds. The first-order valence-electron chi connectivity index (χ1n) is 8.28. The fraction of sp³-hybridized carbons (Fsp3) is 0.222. The summed E-state index contributed by atoms with van der Waals surface area (Å²) in [7, 11) is 0. The number of nitro benzene ring substituents is 1. The first-order chi connectivity index (χ1) is 13.6. The molecule has 2 aromatic rings. The fourth-order valence-corrected chi connectivity index (χ4v) is 2.26. The van der Waals surface area contributed by atoms with Crippen LogP contribution in [0.3, 0.4) is 0 Å². The molecule has 0 spiro atoms. The molecule has 2 N–H and O–H groups in total. The average molecular weight is 411 g/mol. The van der Waals surface area contributed by atoms with Gasteiger partial charge in [-0.05, 0) is 24.3 Å². The fourth-order valence-electron chi connectivity index (χ4n) is 2.26. The van der Waals surface area contributed by atoms with E-state index < -0.39 is 34.9 Å². The minimum Gasteiger partial charge on any atom is -0.484 e. The molecule has 0 bridgehead atoms. The molecule has 0 aliphatic rings. The van der Waals surface area contributed by atoms with E-state index in [4.69, 9.17) is 4.74 Å². The smallest absolute Gasteiger partial charge is 0.423 e. The quantitative estimate of drug-likeness (QED) is 0.529. The molecule has 2 aromatic carbocycles. The van der Waals surface area contributed by atoms with E-state index in [2.05, 4.69) is 10.6 Å². The molecule has 0 unspecified atom stereocenters. The SMILES string of the molecule is CCC(=O)Nc1cccc(OCC(=O)Nc2ccc([N+](=O)[O-])c(C(F)(F)F)c2)c1. The summed E-state index contributed by atoms with van der Waals surface area (Å²) < 4.78 is 44.2. The van der Waals surface area contributed by atoms with Gasteiger partial charge < -0.3 is 15.4 Å². The first-order valence-corrected chi connectivity index (χ1v) is 8.28. The molecule has 2 rings (SSSR count). The van der Waals surface area contributed by atoms with Crippen LogP contribution in [0.4, 0.5) is 30.2 Å². The van der Waals surface area contributed by atoms with Gasteiger partial charge in [0.2, 0.25) is 5.91 Å². The summed E-state index contributed by atoms with van der Waals surface area (Å²) in [6.07, 6.45) is -4.67. The van der Waals surface area contributed by atoms with E-state index in [1.54, 1.807) is 19.1 Å². The van der Waals surface area contributed by atoms with Crippen molar-refractivity contribution in [3.63, 3.8) is 0 Å². The Hall–Kier alpha value is -3.63. The summed E-state index contributed by atoms with van der Waals surface area (Å²) in [6, 6.07) is 8.36. The molecule has 0 aliphatic carbocycles. The molecule has 0 saturated carbocycles. The summed E-state index contributed by atoms with van der Waals surface area (Å²) in [5.74, 6) is -0.720. The first kappa shape index (κ1) is 21.7. The van der Waals surface area contributed by atoms with E-state index in [1.165, 1.54) is 12.1 Å². The maximum atomic E-state index is 13.0. The Labute approximate surface area is 162 Å². The predicted octanol–water partition coefficient (Wildman–Crippen LogP) is 3.98. The highest BCUT2D eigenvalue weighted by Crippen LogP contribution is 2.37. The molecule has 0 aliphatic heterocycles. The van der Waals surface area contributed by atoms with Crippen LogP contribution < -0.4 is 15.4 Å². The Balaban J connectivity index is 2.04. The van der Waals surface area contributed by atoms with Crippen LogP contribution in [-0.4, -0.2) is 23.3 Å². The van der Waals surface area contributed by atoms with Crippen LogP contribution in [0.15, 0.2) is 42.5 Å². The van der Waals surface area contributed by atoms with Gasteiger partial charge in [-0.2, -0.15) is 13.2 Å². The van der Waals surface area contributed by atoms with Gasteiger partial charge in [-0.3, -0.25) is 19.7 Å². The van der Waals surface area contributed by atoms with Gasteiger partial charge in [0, 0.05) is 29.9 Å². The number of benzene rings is 2. The Kier molecular flexibility index (Phi) is 6.75. The topological polar surface area (TPSA) is 111 Å². The van der Waals surface area contributed by atoms with Crippen molar-refractivity contribution in [3.05, 3.63) is 58.1 Å². The van der Waals surface area contributed by atoms with Crippen LogP contribution >= 0.6 is 0 Å². The number of hydrogen-bond acceptors (Lipinski definition) is 5. The zero-order valence-electron chi connectivity index (χ0n) is 15.1. The molecule has 0 atom stereocenters. The minimum absolute atomic E-state index is 0.210. The zero-order valence-corrected chi connectivity index (χ0v) is 15.1. The molecule has 8 nitrogen and oxygen atoms in total. The molecular weight excluding hydrogens is 395 g/mol. The van der Waals surface area contributed by atoms with Crippen molar-refractivity contribution in [2.75, 3.05) is 17.2 Å². The zero-order chi connectivity index (χ0) is 21.6. The second-order valence-electron chi connectivity index (χ2n) is 5.75. The molecule has 0 heterocycles. The number of ether oxygens (including phenoxy) is 1. The number of carbonyl (C=O) groups excluding carboxylic acids is 2. The number of anilines is 2. The van der Waals surface area contributed by atoms with Gasteiger partial charge in [-0.25, -0.2) is 0 Å². The number of nitrogens with one attached hydrogen (secondary N) is 2. The molecule has 0 saturated heterocycles. The number of rotatable bonds is 7. The minimum atomic E-state index is -4.96. The summed E-state index contributed by atoms with van der Waals surface area (Å²) in [4.78, 5) is 32.9. The van der Waals surface area contributed by atoms with Gasteiger partial charge in [-0.15, -0.1) is 0 Å². The lowest BCUT2D eigenvalue weighted by molar-refractivity contribution is -0.388. The molecule has 0 fully saturated rings. The van der Waals surface area contributed by atoms with Crippen LogP contribution in [-0.2, 0) is 15.8 Å². The van der Waals surface area contributed by atoms with Crippen molar-refractivity contribution in [2.24, 2.45) is 0 Å². The van der Waals surface area contributed by atoms with Gasteiger partial charge in [0.25, 0.3) is 11.6 Å². The maximum Gasteiger partial charge on any atom is 0.423 e. The van der Waals surface area contributed by atoms with Crippen molar-refractivity contribution in [1.29, 1.82) is 0 Å². The number of nitrogens with zero attached hydrogens (tertiary/aromatic N) is 1. The van der Waals surface area contributed by atoms with Crippen molar-refractivity contribution in [3.8, 4) is 5.75 Å². The summed E-state index contributed by atoms with van der Waals surface area (Å²) >= 11 is 0. The maximum absolute atomic E-state index is 13.0. The molecular formula is C18H16F3N3O5.